The van der Waals surface area contributed by atoms with Gasteiger partial charge in [-0.3, -0.25) is 0 Å². The first-order chi connectivity index (χ1) is 4.72. The van der Waals surface area contributed by atoms with E-state index in [1.54, 1.807) is 12.1 Å². The summed E-state index contributed by atoms with van der Waals surface area (Å²) in [4.78, 5) is 0. The van der Waals surface area contributed by atoms with Gasteiger partial charge in [-0.2, -0.15) is 0 Å². The molecule has 0 bridgehead atoms. The first kappa shape index (κ1) is 7.16. The Morgan fingerprint density at radius 1 is 1.30 bits per heavy atom. The Morgan fingerprint density at radius 2 is 2.00 bits per heavy atom. The zero-order valence-corrected chi connectivity index (χ0v) is 5.83. The molecule has 0 heterocycles. The highest BCUT2D eigenvalue weighted by Crippen LogP contribution is 2.07. The summed E-state index contributed by atoms with van der Waals surface area (Å²) in [6.07, 6.45) is 0. The monoisotopic (exact) mass is 136 g/mol. The van der Waals surface area contributed by atoms with Crippen molar-refractivity contribution in [3.8, 4) is 5.75 Å². The van der Waals surface area contributed by atoms with Crippen LogP contribution in [0.25, 0.3) is 0 Å². The standard InChI is InChI=1S/C7H9BO2/c1-5-2-6(8-10)4-7(9)3-5/h2-4,8-10H,1H3. The fourth-order valence-electron chi connectivity index (χ4n) is 0.932. The van der Waals surface area contributed by atoms with Crippen molar-refractivity contribution >= 4 is 12.9 Å². The minimum atomic E-state index is -0.0186. The molecule has 0 saturated heterocycles. The summed E-state index contributed by atoms with van der Waals surface area (Å²) < 4.78 is 0. The predicted octanol–water partition coefficient (Wildman–Crippen LogP) is -0.330. The van der Waals surface area contributed by atoms with Crippen molar-refractivity contribution in [1.82, 2.24) is 0 Å². The average Bonchev–Trinajstić information content (AvgIpc) is 1.85. The SMILES string of the molecule is Cc1cc(O)cc(BO)c1. The zero-order valence-electron chi connectivity index (χ0n) is 5.83. The van der Waals surface area contributed by atoms with E-state index in [0.29, 0.717) is 0 Å². The van der Waals surface area contributed by atoms with E-state index >= 15 is 0 Å². The van der Waals surface area contributed by atoms with Gasteiger partial charge in [0.1, 0.15) is 5.75 Å². The van der Waals surface area contributed by atoms with Crippen LogP contribution in [0.15, 0.2) is 18.2 Å². The first-order valence-corrected chi connectivity index (χ1v) is 3.13. The largest absolute Gasteiger partial charge is 0.508 e. The van der Waals surface area contributed by atoms with E-state index in [1.807, 2.05) is 13.0 Å². The van der Waals surface area contributed by atoms with Crippen molar-refractivity contribution in [3.05, 3.63) is 23.8 Å². The highest BCUT2D eigenvalue weighted by atomic mass is 16.3. The molecule has 1 aromatic rings. The van der Waals surface area contributed by atoms with Crippen molar-refractivity contribution < 1.29 is 10.1 Å². The molecule has 10 heavy (non-hydrogen) atoms. The van der Waals surface area contributed by atoms with Gasteiger partial charge in [0.05, 0.1) is 0 Å². The molecule has 0 aromatic heterocycles. The fraction of sp³-hybridized carbons (Fsp3) is 0.143. The molecule has 52 valence electrons. The van der Waals surface area contributed by atoms with Gasteiger partial charge in [-0.1, -0.05) is 6.07 Å². The van der Waals surface area contributed by atoms with Crippen LogP contribution in [0.5, 0.6) is 5.75 Å². The molecule has 1 aromatic carbocycles. The first-order valence-electron chi connectivity index (χ1n) is 3.13. The fourth-order valence-corrected chi connectivity index (χ4v) is 0.932. The van der Waals surface area contributed by atoms with Crippen molar-refractivity contribution in [1.29, 1.82) is 0 Å². The molecule has 0 aliphatic carbocycles. The lowest BCUT2D eigenvalue weighted by atomic mass is 9.87. The van der Waals surface area contributed by atoms with E-state index in [4.69, 9.17) is 10.1 Å². The van der Waals surface area contributed by atoms with Gasteiger partial charge in [0.25, 0.3) is 0 Å². The lowest BCUT2D eigenvalue weighted by Gasteiger charge is -1.97. The summed E-state index contributed by atoms with van der Waals surface area (Å²) in [7, 11) is -0.0186. The van der Waals surface area contributed by atoms with Gasteiger partial charge in [-0.25, -0.2) is 0 Å². The van der Waals surface area contributed by atoms with E-state index < -0.39 is 0 Å². The molecular formula is C7H9BO2. The Morgan fingerprint density at radius 3 is 2.50 bits per heavy atom. The van der Waals surface area contributed by atoms with Crippen molar-refractivity contribution in [3.63, 3.8) is 0 Å². The summed E-state index contributed by atoms with van der Waals surface area (Å²) in [5, 5.41) is 17.7. The van der Waals surface area contributed by atoms with Gasteiger partial charge in [0, 0.05) is 0 Å². The quantitative estimate of drug-likeness (QED) is 0.519. The molecule has 0 unspecified atom stereocenters. The van der Waals surface area contributed by atoms with Gasteiger partial charge in [0.15, 0.2) is 0 Å². The average molecular weight is 136 g/mol. The second-order valence-electron chi connectivity index (χ2n) is 2.33. The number of benzene rings is 1. The molecule has 0 amide bonds. The van der Waals surface area contributed by atoms with Crippen LogP contribution in [0, 0.1) is 6.92 Å². The summed E-state index contributed by atoms with van der Waals surface area (Å²) >= 11 is 0. The Kier molecular flexibility index (Phi) is 1.97. The van der Waals surface area contributed by atoms with Crippen LogP contribution in [-0.2, 0) is 0 Å². The van der Waals surface area contributed by atoms with Crippen molar-refractivity contribution in [2.45, 2.75) is 6.92 Å². The molecule has 0 radical (unpaired) electrons. The summed E-state index contributed by atoms with van der Waals surface area (Å²) in [6.45, 7) is 1.87. The maximum absolute atomic E-state index is 9.01. The molecule has 1 rings (SSSR count). The molecule has 0 atom stereocenters. The topological polar surface area (TPSA) is 40.5 Å². The Balaban J connectivity index is 3.06. The zero-order chi connectivity index (χ0) is 7.56. The minimum Gasteiger partial charge on any atom is -0.508 e. The van der Waals surface area contributed by atoms with Crippen LogP contribution in [0.1, 0.15) is 5.56 Å². The number of hydrogen-bond acceptors (Lipinski definition) is 2. The molecule has 0 fully saturated rings. The molecule has 0 aliphatic heterocycles. The van der Waals surface area contributed by atoms with E-state index in [0.717, 1.165) is 11.0 Å². The highest BCUT2D eigenvalue weighted by molar-refractivity contribution is 6.45. The highest BCUT2D eigenvalue weighted by Gasteiger charge is 1.95. The minimum absolute atomic E-state index is 0.0186. The third kappa shape index (κ3) is 1.51. The number of rotatable bonds is 1. The molecule has 0 saturated carbocycles. The summed E-state index contributed by atoms with van der Waals surface area (Å²) in [5.74, 6) is 0.212. The van der Waals surface area contributed by atoms with Crippen LogP contribution in [-0.4, -0.2) is 17.6 Å². The van der Waals surface area contributed by atoms with Crippen LogP contribution < -0.4 is 5.46 Å². The van der Waals surface area contributed by atoms with Crippen LogP contribution in [0.2, 0.25) is 0 Å². The van der Waals surface area contributed by atoms with E-state index in [9.17, 15) is 0 Å². The number of phenolic OH excluding ortho intramolecular Hbond substituents is 1. The third-order valence-corrected chi connectivity index (χ3v) is 1.30. The van der Waals surface area contributed by atoms with E-state index in [2.05, 4.69) is 0 Å². The lowest BCUT2D eigenvalue weighted by Crippen LogP contribution is -2.12. The van der Waals surface area contributed by atoms with Gasteiger partial charge in [-0.15, -0.1) is 0 Å². The number of phenols is 1. The second kappa shape index (κ2) is 2.75. The number of hydrogen-bond donors (Lipinski definition) is 2. The molecule has 0 aliphatic rings. The van der Waals surface area contributed by atoms with Crippen LogP contribution in [0.3, 0.4) is 0 Å². The summed E-state index contributed by atoms with van der Waals surface area (Å²) in [6, 6.07) is 5.03. The molecular weight excluding hydrogens is 127 g/mol. The Bertz CT molecular complexity index is 215. The molecule has 3 heteroatoms. The Hall–Kier alpha value is -0.955. The maximum Gasteiger partial charge on any atom is 0.304 e. The van der Waals surface area contributed by atoms with Gasteiger partial charge in [-0.05, 0) is 30.1 Å². The van der Waals surface area contributed by atoms with E-state index in [1.165, 1.54) is 0 Å². The normalized spacial score (nSPS) is 9.40. The van der Waals surface area contributed by atoms with E-state index in [-0.39, 0.29) is 13.2 Å². The lowest BCUT2D eigenvalue weighted by molar-refractivity contribution is 0.475. The van der Waals surface area contributed by atoms with Crippen LogP contribution >= 0.6 is 0 Å². The molecule has 2 N–H and O–H groups in total. The van der Waals surface area contributed by atoms with Crippen LogP contribution in [0.4, 0.5) is 0 Å². The number of aromatic hydroxyl groups is 1. The van der Waals surface area contributed by atoms with Gasteiger partial charge < -0.3 is 10.1 Å². The third-order valence-electron chi connectivity index (χ3n) is 1.30. The smallest absolute Gasteiger partial charge is 0.304 e. The maximum atomic E-state index is 9.01. The predicted molar refractivity (Wildman–Crippen MR) is 41.8 cm³/mol. The van der Waals surface area contributed by atoms with Gasteiger partial charge >= 0.3 is 7.48 Å². The summed E-state index contributed by atoms with van der Waals surface area (Å²) in [5.41, 5.74) is 1.71. The second-order valence-corrected chi connectivity index (χ2v) is 2.33. The Labute approximate surface area is 60.4 Å². The molecule has 0 spiro atoms. The van der Waals surface area contributed by atoms with Gasteiger partial charge in [0.2, 0.25) is 0 Å². The van der Waals surface area contributed by atoms with Crippen molar-refractivity contribution in [2.75, 3.05) is 0 Å². The molecule has 2 nitrogen and oxygen atoms in total. The van der Waals surface area contributed by atoms with Crippen molar-refractivity contribution in [2.24, 2.45) is 0 Å². The number of aryl methyl sites for hydroxylation is 1.